The van der Waals surface area contributed by atoms with Crippen LogP contribution in [0.5, 0.6) is 5.75 Å². The lowest BCUT2D eigenvalue weighted by molar-refractivity contribution is 0.466. The van der Waals surface area contributed by atoms with Crippen molar-refractivity contribution in [3.63, 3.8) is 0 Å². The summed E-state index contributed by atoms with van der Waals surface area (Å²) in [5.41, 5.74) is 8.95. The van der Waals surface area contributed by atoms with Crippen LogP contribution >= 0.6 is 12.4 Å². The average Bonchev–Trinajstić information content (AvgIpc) is 2.13. The first-order valence-electron chi connectivity index (χ1n) is 5.12. The van der Waals surface area contributed by atoms with Crippen molar-refractivity contribution in [3.8, 4) is 5.75 Å². The molecule has 2 nitrogen and oxygen atoms in total. The summed E-state index contributed by atoms with van der Waals surface area (Å²) >= 11 is 0. The van der Waals surface area contributed by atoms with Gasteiger partial charge in [0.15, 0.2) is 0 Å². The maximum Gasteiger partial charge on any atom is 0.121 e. The minimum Gasteiger partial charge on any atom is -0.507 e. The largest absolute Gasteiger partial charge is 0.507 e. The highest BCUT2D eigenvalue weighted by atomic mass is 35.5. The highest BCUT2D eigenvalue weighted by Gasteiger charge is 2.08. The summed E-state index contributed by atoms with van der Waals surface area (Å²) in [6, 6.07) is 4.05. The van der Waals surface area contributed by atoms with Crippen LogP contribution in [0.1, 0.15) is 42.5 Å². The van der Waals surface area contributed by atoms with Crippen LogP contribution in [0.25, 0.3) is 0 Å². The van der Waals surface area contributed by atoms with Gasteiger partial charge in [-0.1, -0.05) is 25.5 Å². The van der Waals surface area contributed by atoms with Gasteiger partial charge in [-0.3, -0.25) is 0 Å². The summed E-state index contributed by atoms with van der Waals surface area (Å²) in [6.07, 6.45) is 2.07. The van der Waals surface area contributed by atoms with Gasteiger partial charge in [-0.05, 0) is 37.0 Å². The molecule has 0 aromatic heterocycles. The molecule has 15 heavy (non-hydrogen) atoms. The van der Waals surface area contributed by atoms with Gasteiger partial charge in [0.05, 0.1) is 0 Å². The molecule has 0 amide bonds. The molecule has 86 valence electrons. The van der Waals surface area contributed by atoms with Crippen molar-refractivity contribution in [2.75, 3.05) is 0 Å². The Balaban J connectivity index is 0.00000196. The first-order chi connectivity index (χ1) is 6.56. The third kappa shape index (κ3) is 3.40. The zero-order valence-corrected chi connectivity index (χ0v) is 10.4. The third-order valence-electron chi connectivity index (χ3n) is 2.54. The number of phenolic OH excluding ortho intramolecular Hbond substituents is 1. The predicted molar refractivity (Wildman–Crippen MR) is 66.7 cm³/mol. The number of aromatic hydroxyl groups is 1. The van der Waals surface area contributed by atoms with Crippen molar-refractivity contribution >= 4 is 12.4 Å². The van der Waals surface area contributed by atoms with E-state index in [2.05, 4.69) is 6.92 Å². The molecule has 3 N–H and O–H groups in total. The van der Waals surface area contributed by atoms with Gasteiger partial charge >= 0.3 is 0 Å². The predicted octanol–water partition coefficient (Wildman–Crippen LogP) is 3.23. The van der Waals surface area contributed by atoms with E-state index in [0.717, 1.165) is 29.5 Å². The molecular weight excluding hydrogens is 210 g/mol. The molecule has 0 fully saturated rings. The Hall–Kier alpha value is -0.730. The fraction of sp³-hybridized carbons (Fsp3) is 0.500. The molecule has 1 aromatic rings. The van der Waals surface area contributed by atoms with Gasteiger partial charge in [0.1, 0.15) is 5.75 Å². The van der Waals surface area contributed by atoms with Crippen LogP contribution < -0.4 is 5.73 Å². The quantitative estimate of drug-likeness (QED) is 0.836. The normalized spacial score (nSPS) is 12.0. The van der Waals surface area contributed by atoms with E-state index in [0.29, 0.717) is 5.75 Å². The molecule has 0 saturated heterocycles. The molecule has 1 aromatic carbocycles. The highest BCUT2D eigenvalue weighted by molar-refractivity contribution is 5.85. The van der Waals surface area contributed by atoms with Gasteiger partial charge < -0.3 is 10.8 Å². The van der Waals surface area contributed by atoms with E-state index in [4.69, 9.17) is 5.73 Å². The zero-order valence-electron chi connectivity index (χ0n) is 9.58. The Kier molecular flexibility index (Phi) is 5.69. The molecule has 1 atom stereocenters. The van der Waals surface area contributed by atoms with Crippen LogP contribution in [0.4, 0.5) is 0 Å². The van der Waals surface area contributed by atoms with Crippen molar-refractivity contribution in [1.29, 1.82) is 0 Å². The Labute approximate surface area is 97.9 Å². The minimum atomic E-state index is 0. The number of nitrogens with two attached hydrogens (primary N) is 1. The smallest absolute Gasteiger partial charge is 0.121 e. The molecule has 3 heteroatoms. The summed E-state index contributed by atoms with van der Waals surface area (Å²) in [5.74, 6) is 0.387. The second kappa shape index (κ2) is 5.99. The van der Waals surface area contributed by atoms with Crippen molar-refractivity contribution in [2.45, 2.75) is 39.7 Å². The number of rotatable bonds is 3. The molecule has 0 bridgehead atoms. The number of hydrogen-bond acceptors (Lipinski definition) is 2. The lowest BCUT2D eigenvalue weighted by Crippen LogP contribution is -2.10. The third-order valence-corrected chi connectivity index (χ3v) is 2.54. The van der Waals surface area contributed by atoms with E-state index in [-0.39, 0.29) is 18.4 Å². The van der Waals surface area contributed by atoms with Crippen LogP contribution in [0, 0.1) is 13.8 Å². The van der Waals surface area contributed by atoms with Crippen LogP contribution in [0.3, 0.4) is 0 Å². The van der Waals surface area contributed by atoms with Gasteiger partial charge in [-0.2, -0.15) is 0 Å². The monoisotopic (exact) mass is 229 g/mol. The summed E-state index contributed by atoms with van der Waals surface area (Å²) in [4.78, 5) is 0. The van der Waals surface area contributed by atoms with Gasteiger partial charge in [0.25, 0.3) is 0 Å². The van der Waals surface area contributed by atoms with Gasteiger partial charge in [-0.25, -0.2) is 0 Å². The Morgan fingerprint density at radius 3 is 2.13 bits per heavy atom. The summed E-state index contributed by atoms with van der Waals surface area (Å²) < 4.78 is 0. The fourth-order valence-corrected chi connectivity index (χ4v) is 1.68. The van der Waals surface area contributed by atoms with Gasteiger partial charge in [0, 0.05) is 6.04 Å². The second-order valence-electron chi connectivity index (χ2n) is 3.90. The Bertz CT molecular complexity index is 302. The number of hydrogen-bond donors (Lipinski definition) is 2. The number of phenols is 1. The maximum atomic E-state index is 9.60. The SMILES string of the molecule is CCC[C@@H](N)c1cc(C)c(O)c(C)c1.Cl. The Morgan fingerprint density at radius 1 is 1.27 bits per heavy atom. The van der Waals surface area contributed by atoms with Crippen LogP contribution in [0.15, 0.2) is 12.1 Å². The first kappa shape index (κ1) is 14.3. The lowest BCUT2D eigenvalue weighted by atomic mass is 9.98. The van der Waals surface area contributed by atoms with Crippen LogP contribution in [-0.2, 0) is 0 Å². The van der Waals surface area contributed by atoms with E-state index in [1.54, 1.807) is 0 Å². The van der Waals surface area contributed by atoms with E-state index >= 15 is 0 Å². The van der Waals surface area contributed by atoms with E-state index in [1.165, 1.54) is 0 Å². The average molecular weight is 230 g/mol. The molecule has 0 unspecified atom stereocenters. The maximum absolute atomic E-state index is 9.60. The second-order valence-corrected chi connectivity index (χ2v) is 3.90. The van der Waals surface area contributed by atoms with Gasteiger partial charge in [-0.15, -0.1) is 12.4 Å². The topological polar surface area (TPSA) is 46.2 Å². The number of aryl methyl sites for hydroxylation is 2. The van der Waals surface area contributed by atoms with Crippen molar-refractivity contribution in [1.82, 2.24) is 0 Å². The van der Waals surface area contributed by atoms with E-state index in [9.17, 15) is 5.11 Å². The summed E-state index contributed by atoms with van der Waals surface area (Å²) in [6.45, 7) is 5.94. The molecule has 0 saturated carbocycles. The van der Waals surface area contributed by atoms with Crippen LogP contribution in [-0.4, -0.2) is 5.11 Å². The molecule has 1 rings (SSSR count). The van der Waals surface area contributed by atoms with Crippen molar-refractivity contribution in [3.05, 3.63) is 28.8 Å². The van der Waals surface area contributed by atoms with Crippen molar-refractivity contribution < 1.29 is 5.11 Å². The van der Waals surface area contributed by atoms with E-state index in [1.807, 2.05) is 26.0 Å². The zero-order chi connectivity index (χ0) is 10.7. The van der Waals surface area contributed by atoms with Crippen molar-refractivity contribution in [2.24, 2.45) is 5.73 Å². The molecule has 0 aliphatic rings. The minimum absolute atomic E-state index is 0. The lowest BCUT2D eigenvalue weighted by Gasteiger charge is -2.13. The highest BCUT2D eigenvalue weighted by Crippen LogP contribution is 2.26. The number of benzene rings is 1. The van der Waals surface area contributed by atoms with Gasteiger partial charge in [0.2, 0.25) is 0 Å². The molecule has 0 aliphatic heterocycles. The standard InChI is InChI=1S/C12H19NO.ClH/c1-4-5-11(13)10-6-8(2)12(14)9(3)7-10;/h6-7,11,14H,4-5,13H2,1-3H3;1H/t11-;/m1./s1. The summed E-state index contributed by atoms with van der Waals surface area (Å²) in [7, 11) is 0. The van der Waals surface area contributed by atoms with Crippen LogP contribution in [0.2, 0.25) is 0 Å². The first-order valence-corrected chi connectivity index (χ1v) is 5.12. The molecule has 0 radical (unpaired) electrons. The molecular formula is C12H20ClNO. The molecule has 0 spiro atoms. The number of halogens is 1. The fourth-order valence-electron chi connectivity index (χ4n) is 1.68. The molecule has 0 aliphatic carbocycles. The summed E-state index contributed by atoms with van der Waals surface area (Å²) in [5, 5.41) is 9.60. The Morgan fingerprint density at radius 2 is 1.73 bits per heavy atom. The molecule has 0 heterocycles. The van der Waals surface area contributed by atoms with E-state index < -0.39 is 0 Å².